The molecule has 2 rings (SSSR count). The van der Waals surface area contributed by atoms with Crippen LogP contribution in [0.15, 0.2) is 43.1 Å². The van der Waals surface area contributed by atoms with E-state index in [4.69, 9.17) is 11.6 Å². The summed E-state index contributed by atoms with van der Waals surface area (Å²) in [5.74, 6) is 0.810. The number of halogens is 1. The Kier molecular flexibility index (Phi) is 3.49. The summed E-state index contributed by atoms with van der Waals surface area (Å²) >= 11 is 5.84. The van der Waals surface area contributed by atoms with Crippen LogP contribution < -0.4 is 5.32 Å². The highest BCUT2D eigenvalue weighted by molar-refractivity contribution is 6.30. The number of aromatic nitrogens is 2. The van der Waals surface area contributed by atoms with Gasteiger partial charge >= 0.3 is 0 Å². The third-order valence-corrected chi connectivity index (χ3v) is 2.58. The third kappa shape index (κ3) is 2.88. The van der Waals surface area contributed by atoms with Crippen molar-refractivity contribution >= 4 is 23.2 Å². The van der Waals surface area contributed by atoms with E-state index < -0.39 is 0 Å². The molecule has 0 spiro atoms. The molecule has 0 atom stereocenters. The largest absolute Gasteiger partial charge is 0.326 e. The van der Waals surface area contributed by atoms with Crippen LogP contribution in [0.25, 0.3) is 0 Å². The zero-order valence-corrected chi connectivity index (χ0v) is 10.4. The number of anilines is 2. The van der Waals surface area contributed by atoms with Crippen LogP contribution in [0, 0.1) is 6.92 Å². The van der Waals surface area contributed by atoms with Crippen LogP contribution in [0.3, 0.4) is 0 Å². The molecule has 0 unspecified atom stereocenters. The summed E-state index contributed by atoms with van der Waals surface area (Å²) in [5.41, 5.74) is 1.94. The van der Waals surface area contributed by atoms with Crippen molar-refractivity contribution in [3.8, 4) is 0 Å². The predicted molar refractivity (Wildman–Crippen MR) is 71.9 cm³/mol. The second kappa shape index (κ2) is 5.06. The number of rotatable bonds is 4. The number of benzene rings is 1. The number of nitrogens with zero attached hydrogens (tertiary/aromatic N) is 2. The van der Waals surface area contributed by atoms with Gasteiger partial charge in [-0.1, -0.05) is 17.7 Å². The zero-order valence-electron chi connectivity index (χ0n) is 9.65. The van der Waals surface area contributed by atoms with Gasteiger partial charge in [-0.25, -0.2) is 4.98 Å². The van der Waals surface area contributed by atoms with Gasteiger partial charge in [-0.15, -0.1) is 6.58 Å². The van der Waals surface area contributed by atoms with Gasteiger partial charge < -0.3 is 9.88 Å². The summed E-state index contributed by atoms with van der Waals surface area (Å²) in [6, 6.07) is 7.53. The second-order valence-corrected chi connectivity index (χ2v) is 4.22. The number of allylic oxidation sites excluding steroid dienone is 1. The van der Waals surface area contributed by atoms with E-state index in [1.165, 1.54) is 0 Å². The van der Waals surface area contributed by atoms with Crippen molar-refractivity contribution in [2.24, 2.45) is 0 Å². The highest BCUT2D eigenvalue weighted by Gasteiger charge is 2.04. The van der Waals surface area contributed by atoms with Crippen molar-refractivity contribution in [2.75, 3.05) is 5.32 Å². The molecular weight excluding hydrogens is 234 g/mol. The average Bonchev–Trinajstić information content (AvgIpc) is 2.63. The van der Waals surface area contributed by atoms with Gasteiger partial charge in [0.15, 0.2) is 0 Å². The Labute approximate surface area is 106 Å². The van der Waals surface area contributed by atoms with E-state index in [1.54, 1.807) is 0 Å². The van der Waals surface area contributed by atoms with Gasteiger partial charge in [0.05, 0.1) is 5.69 Å². The number of imidazole rings is 1. The van der Waals surface area contributed by atoms with E-state index in [9.17, 15) is 0 Å². The minimum absolute atomic E-state index is 0.723. The molecule has 0 saturated carbocycles. The monoisotopic (exact) mass is 247 g/mol. The number of nitrogens with one attached hydrogen (secondary N) is 1. The fraction of sp³-hybridized carbons (Fsp3) is 0.154. The van der Waals surface area contributed by atoms with Crippen LogP contribution in [-0.4, -0.2) is 9.55 Å². The Balaban J connectivity index is 2.22. The first-order valence-electron chi connectivity index (χ1n) is 5.36. The molecule has 3 nitrogen and oxygen atoms in total. The fourth-order valence-electron chi connectivity index (χ4n) is 1.59. The molecule has 88 valence electrons. The molecule has 0 radical (unpaired) electrons. The normalized spacial score (nSPS) is 10.2. The molecule has 0 bridgehead atoms. The van der Waals surface area contributed by atoms with Crippen molar-refractivity contribution in [2.45, 2.75) is 13.5 Å². The van der Waals surface area contributed by atoms with Gasteiger partial charge in [-0.05, 0) is 31.2 Å². The summed E-state index contributed by atoms with van der Waals surface area (Å²) in [7, 11) is 0. The van der Waals surface area contributed by atoms with E-state index in [0.717, 1.165) is 28.9 Å². The van der Waals surface area contributed by atoms with E-state index in [1.807, 2.05) is 48.0 Å². The Morgan fingerprint density at radius 1 is 1.41 bits per heavy atom. The number of hydrogen-bond acceptors (Lipinski definition) is 2. The molecule has 2 aromatic rings. The van der Waals surface area contributed by atoms with Crippen molar-refractivity contribution < 1.29 is 0 Å². The highest BCUT2D eigenvalue weighted by atomic mass is 35.5. The molecule has 0 aliphatic rings. The molecule has 0 amide bonds. The smallest absolute Gasteiger partial charge is 0.207 e. The van der Waals surface area contributed by atoms with Crippen molar-refractivity contribution in [3.63, 3.8) is 0 Å². The molecule has 0 aliphatic carbocycles. The Morgan fingerprint density at radius 3 is 2.76 bits per heavy atom. The molecule has 1 N–H and O–H groups in total. The lowest BCUT2D eigenvalue weighted by Gasteiger charge is -2.07. The van der Waals surface area contributed by atoms with Crippen molar-refractivity contribution in [1.82, 2.24) is 9.55 Å². The Bertz CT molecular complexity index is 514. The maximum atomic E-state index is 5.84. The van der Waals surface area contributed by atoms with Crippen LogP contribution in [-0.2, 0) is 6.54 Å². The summed E-state index contributed by atoms with van der Waals surface area (Å²) in [5, 5.41) is 3.97. The van der Waals surface area contributed by atoms with Crippen LogP contribution in [0.1, 0.15) is 5.69 Å². The SMILES string of the molecule is C=CCn1cc(C)nc1Nc1ccc(Cl)cc1. The lowest BCUT2D eigenvalue weighted by atomic mass is 10.3. The number of hydrogen-bond donors (Lipinski definition) is 1. The molecule has 1 heterocycles. The average molecular weight is 248 g/mol. The first kappa shape index (κ1) is 11.7. The quantitative estimate of drug-likeness (QED) is 0.834. The lowest BCUT2D eigenvalue weighted by Crippen LogP contribution is -2.01. The van der Waals surface area contributed by atoms with Gasteiger partial charge in [0.1, 0.15) is 0 Å². The molecule has 17 heavy (non-hydrogen) atoms. The van der Waals surface area contributed by atoms with E-state index >= 15 is 0 Å². The van der Waals surface area contributed by atoms with Gasteiger partial charge in [0, 0.05) is 23.5 Å². The molecule has 1 aromatic carbocycles. The third-order valence-electron chi connectivity index (χ3n) is 2.32. The summed E-state index contributed by atoms with van der Waals surface area (Å²) in [6.07, 6.45) is 3.83. The molecule has 0 saturated heterocycles. The molecule has 1 aromatic heterocycles. The van der Waals surface area contributed by atoms with Gasteiger partial charge in [-0.3, -0.25) is 0 Å². The summed E-state index contributed by atoms with van der Waals surface area (Å²) < 4.78 is 2.01. The van der Waals surface area contributed by atoms with E-state index in [-0.39, 0.29) is 0 Å². The molecule has 4 heteroatoms. The van der Waals surface area contributed by atoms with Gasteiger partial charge in [-0.2, -0.15) is 0 Å². The maximum Gasteiger partial charge on any atom is 0.207 e. The zero-order chi connectivity index (χ0) is 12.3. The Morgan fingerprint density at radius 2 is 2.12 bits per heavy atom. The maximum absolute atomic E-state index is 5.84. The van der Waals surface area contributed by atoms with Crippen LogP contribution >= 0.6 is 11.6 Å². The first-order chi connectivity index (χ1) is 8.19. The van der Waals surface area contributed by atoms with Crippen molar-refractivity contribution in [3.05, 3.63) is 53.8 Å². The second-order valence-electron chi connectivity index (χ2n) is 3.78. The van der Waals surface area contributed by atoms with Crippen LogP contribution in [0.5, 0.6) is 0 Å². The topological polar surface area (TPSA) is 29.9 Å². The minimum atomic E-state index is 0.723. The summed E-state index contributed by atoms with van der Waals surface area (Å²) in [6.45, 7) is 6.43. The van der Waals surface area contributed by atoms with Gasteiger partial charge in [0.2, 0.25) is 5.95 Å². The standard InChI is InChI=1S/C13H14ClN3/c1-3-8-17-9-10(2)15-13(17)16-12-6-4-11(14)5-7-12/h3-7,9H,1,8H2,2H3,(H,15,16). The van der Waals surface area contributed by atoms with Crippen LogP contribution in [0.2, 0.25) is 5.02 Å². The Hall–Kier alpha value is -1.74. The first-order valence-corrected chi connectivity index (χ1v) is 5.74. The summed E-state index contributed by atoms with van der Waals surface area (Å²) in [4.78, 5) is 4.42. The van der Waals surface area contributed by atoms with Crippen LogP contribution in [0.4, 0.5) is 11.6 Å². The molecule has 0 fully saturated rings. The fourth-order valence-corrected chi connectivity index (χ4v) is 1.71. The van der Waals surface area contributed by atoms with Crippen molar-refractivity contribution in [1.29, 1.82) is 0 Å². The molecule has 0 aliphatic heterocycles. The van der Waals surface area contributed by atoms with E-state index in [0.29, 0.717) is 0 Å². The lowest BCUT2D eigenvalue weighted by molar-refractivity contribution is 0.832. The minimum Gasteiger partial charge on any atom is -0.326 e. The molecular formula is C13H14ClN3. The predicted octanol–water partition coefficient (Wildman–Crippen LogP) is 3.77. The van der Waals surface area contributed by atoms with E-state index in [2.05, 4.69) is 16.9 Å². The highest BCUT2D eigenvalue weighted by Crippen LogP contribution is 2.18. The number of aryl methyl sites for hydroxylation is 1. The van der Waals surface area contributed by atoms with Gasteiger partial charge in [0.25, 0.3) is 0 Å².